The quantitative estimate of drug-likeness (QED) is 0.743. The zero-order valence-electron chi connectivity index (χ0n) is 14.0. The first-order valence-corrected chi connectivity index (χ1v) is 7.84. The molecule has 25 heavy (non-hydrogen) atoms. The lowest BCUT2D eigenvalue weighted by atomic mass is 10.1. The third-order valence-electron chi connectivity index (χ3n) is 3.47. The fourth-order valence-corrected chi connectivity index (χ4v) is 2.24. The predicted octanol–water partition coefficient (Wildman–Crippen LogP) is 2.70. The topological polar surface area (TPSA) is 90.1 Å². The number of rotatable bonds is 6. The molecular weight excluding hydrogens is 320 g/mol. The van der Waals surface area contributed by atoms with Crippen molar-refractivity contribution in [2.24, 2.45) is 0 Å². The van der Waals surface area contributed by atoms with Crippen LogP contribution in [0, 0.1) is 6.92 Å². The van der Waals surface area contributed by atoms with Gasteiger partial charge in [0.25, 0.3) is 5.91 Å². The van der Waals surface area contributed by atoms with Crippen molar-refractivity contribution in [1.82, 2.24) is 20.4 Å². The molecule has 3 rings (SSSR count). The van der Waals surface area contributed by atoms with Crippen molar-refractivity contribution in [3.05, 3.63) is 60.2 Å². The van der Waals surface area contributed by atoms with Crippen LogP contribution in [0.2, 0.25) is 0 Å². The Kier molecular flexibility index (Phi) is 5.03. The van der Waals surface area contributed by atoms with Crippen LogP contribution in [0.1, 0.15) is 24.4 Å². The number of benzene rings is 1. The van der Waals surface area contributed by atoms with Gasteiger partial charge >= 0.3 is 0 Å². The Morgan fingerprint density at radius 1 is 1.32 bits per heavy atom. The maximum absolute atomic E-state index is 12.0. The molecule has 0 bridgehead atoms. The molecule has 1 atom stereocenters. The van der Waals surface area contributed by atoms with Gasteiger partial charge in [-0.15, -0.1) is 0 Å². The normalized spacial score (nSPS) is 11.8. The van der Waals surface area contributed by atoms with Crippen LogP contribution < -0.4 is 10.1 Å². The SMILES string of the molecule is Cc1cccc(-c2noc([C@H](C)NC(=O)COc3cccnc3)n2)c1. The number of hydrogen-bond acceptors (Lipinski definition) is 6. The van der Waals surface area contributed by atoms with E-state index < -0.39 is 6.04 Å². The molecule has 7 nitrogen and oxygen atoms in total. The molecule has 128 valence electrons. The molecule has 0 fully saturated rings. The van der Waals surface area contributed by atoms with Gasteiger partial charge in [0, 0.05) is 11.8 Å². The summed E-state index contributed by atoms with van der Waals surface area (Å²) in [5, 5.41) is 6.73. The molecule has 7 heteroatoms. The van der Waals surface area contributed by atoms with Gasteiger partial charge in [0.05, 0.1) is 6.20 Å². The van der Waals surface area contributed by atoms with Crippen LogP contribution in [0.5, 0.6) is 5.75 Å². The van der Waals surface area contributed by atoms with E-state index in [1.165, 1.54) is 0 Å². The highest BCUT2D eigenvalue weighted by Crippen LogP contribution is 2.19. The third-order valence-corrected chi connectivity index (χ3v) is 3.47. The van der Waals surface area contributed by atoms with E-state index in [-0.39, 0.29) is 12.5 Å². The number of carbonyl (C=O) groups excluding carboxylic acids is 1. The molecule has 0 aliphatic carbocycles. The number of aryl methyl sites for hydroxylation is 1. The number of ether oxygens (including phenoxy) is 1. The number of pyridine rings is 1. The summed E-state index contributed by atoms with van der Waals surface area (Å²) < 4.78 is 10.6. The lowest BCUT2D eigenvalue weighted by Gasteiger charge is -2.10. The van der Waals surface area contributed by atoms with Gasteiger partial charge in [-0.25, -0.2) is 0 Å². The van der Waals surface area contributed by atoms with E-state index in [4.69, 9.17) is 9.26 Å². The summed E-state index contributed by atoms with van der Waals surface area (Å²) >= 11 is 0. The van der Waals surface area contributed by atoms with E-state index in [0.717, 1.165) is 11.1 Å². The minimum atomic E-state index is -0.420. The number of hydrogen-bond donors (Lipinski definition) is 1. The molecule has 0 saturated heterocycles. The first-order chi connectivity index (χ1) is 12.1. The number of carbonyl (C=O) groups is 1. The predicted molar refractivity (Wildman–Crippen MR) is 90.8 cm³/mol. The van der Waals surface area contributed by atoms with Gasteiger partial charge in [0.2, 0.25) is 11.7 Å². The highest BCUT2D eigenvalue weighted by Gasteiger charge is 2.17. The Hall–Kier alpha value is -3.22. The van der Waals surface area contributed by atoms with Gasteiger partial charge in [-0.1, -0.05) is 28.9 Å². The summed E-state index contributed by atoms with van der Waals surface area (Å²) in [7, 11) is 0. The molecule has 0 spiro atoms. The Bertz CT molecular complexity index is 848. The van der Waals surface area contributed by atoms with Gasteiger partial charge in [-0.05, 0) is 32.0 Å². The maximum atomic E-state index is 12.0. The van der Waals surface area contributed by atoms with Crippen LogP contribution in [0.15, 0.2) is 53.3 Å². The number of nitrogens with one attached hydrogen (secondary N) is 1. The molecule has 0 unspecified atom stereocenters. The monoisotopic (exact) mass is 338 g/mol. The fraction of sp³-hybridized carbons (Fsp3) is 0.222. The highest BCUT2D eigenvalue weighted by atomic mass is 16.5. The van der Waals surface area contributed by atoms with Gasteiger partial charge in [0.15, 0.2) is 6.61 Å². The molecule has 2 aromatic heterocycles. The Morgan fingerprint density at radius 3 is 2.96 bits per heavy atom. The van der Waals surface area contributed by atoms with Gasteiger partial charge in [-0.3, -0.25) is 9.78 Å². The molecule has 0 aliphatic heterocycles. The fourth-order valence-electron chi connectivity index (χ4n) is 2.24. The summed E-state index contributed by atoms with van der Waals surface area (Å²) in [6.07, 6.45) is 3.18. The van der Waals surface area contributed by atoms with Crippen molar-refractivity contribution in [2.75, 3.05) is 6.61 Å². The lowest BCUT2D eigenvalue weighted by Crippen LogP contribution is -2.31. The highest BCUT2D eigenvalue weighted by molar-refractivity contribution is 5.77. The maximum Gasteiger partial charge on any atom is 0.258 e. The molecule has 1 aromatic carbocycles. The Labute approximate surface area is 145 Å². The standard InChI is InChI=1S/C18H18N4O3/c1-12-5-3-6-14(9-12)17-21-18(25-22-17)13(2)20-16(23)11-24-15-7-4-8-19-10-15/h3-10,13H,11H2,1-2H3,(H,20,23)/t13-/m0/s1. The molecule has 1 amide bonds. The van der Waals surface area contributed by atoms with E-state index in [9.17, 15) is 4.79 Å². The summed E-state index contributed by atoms with van der Waals surface area (Å²) in [6.45, 7) is 3.65. The van der Waals surface area contributed by atoms with Crippen molar-refractivity contribution < 1.29 is 14.1 Å². The second-order valence-electron chi connectivity index (χ2n) is 5.59. The van der Waals surface area contributed by atoms with Crippen LogP contribution in [0.25, 0.3) is 11.4 Å². The van der Waals surface area contributed by atoms with Crippen molar-refractivity contribution in [3.8, 4) is 17.1 Å². The summed E-state index contributed by atoms with van der Waals surface area (Å²) in [4.78, 5) is 20.2. The van der Waals surface area contributed by atoms with Crippen molar-refractivity contribution >= 4 is 5.91 Å². The van der Waals surface area contributed by atoms with Gasteiger partial charge in [0.1, 0.15) is 11.8 Å². The zero-order valence-corrected chi connectivity index (χ0v) is 14.0. The van der Waals surface area contributed by atoms with Crippen LogP contribution >= 0.6 is 0 Å². The van der Waals surface area contributed by atoms with E-state index in [0.29, 0.717) is 17.5 Å². The minimum absolute atomic E-state index is 0.116. The Balaban J connectivity index is 1.58. The molecule has 0 radical (unpaired) electrons. The molecule has 0 saturated carbocycles. The first kappa shape index (κ1) is 16.6. The van der Waals surface area contributed by atoms with Crippen molar-refractivity contribution in [1.29, 1.82) is 0 Å². The van der Waals surface area contributed by atoms with E-state index in [2.05, 4.69) is 20.4 Å². The second-order valence-corrected chi connectivity index (χ2v) is 5.59. The van der Waals surface area contributed by atoms with E-state index in [1.54, 1.807) is 31.5 Å². The van der Waals surface area contributed by atoms with Crippen LogP contribution in [0.4, 0.5) is 0 Å². The summed E-state index contributed by atoms with van der Waals surface area (Å²) in [5.74, 6) is 1.08. The summed E-state index contributed by atoms with van der Waals surface area (Å²) in [6, 6.07) is 10.9. The average molecular weight is 338 g/mol. The molecule has 0 aliphatic rings. The van der Waals surface area contributed by atoms with Gasteiger partial charge in [-0.2, -0.15) is 4.98 Å². The molecule has 2 heterocycles. The first-order valence-electron chi connectivity index (χ1n) is 7.84. The molecule has 3 aromatic rings. The lowest BCUT2D eigenvalue weighted by molar-refractivity contribution is -0.123. The molecular formula is C18H18N4O3. The molecule has 1 N–H and O–H groups in total. The van der Waals surface area contributed by atoms with Crippen LogP contribution in [0.3, 0.4) is 0 Å². The average Bonchev–Trinajstić information content (AvgIpc) is 3.11. The van der Waals surface area contributed by atoms with Crippen molar-refractivity contribution in [2.45, 2.75) is 19.9 Å². The number of aromatic nitrogens is 3. The van der Waals surface area contributed by atoms with Crippen LogP contribution in [-0.2, 0) is 4.79 Å². The van der Waals surface area contributed by atoms with Gasteiger partial charge < -0.3 is 14.6 Å². The van der Waals surface area contributed by atoms with Crippen molar-refractivity contribution in [3.63, 3.8) is 0 Å². The number of nitrogens with zero attached hydrogens (tertiary/aromatic N) is 3. The smallest absolute Gasteiger partial charge is 0.258 e. The third kappa shape index (κ3) is 4.41. The number of amides is 1. The minimum Gasteiger partial charge on any atom is -0.482 e. The summed E-state index contributed by atoms with van der Waals surface area (Å²) in [5.41, 5.74) is 1.98. The van der Waals surface area contributed by atoms with E-state index >= 15 is 0 Å². The second kappa shape index (κ2) is 7.57. The zero-order chi connectivity index (χ0) is 17.6. The largest absolute Gasteiger partial charge is 0.482 e. The van der Waals surface area contributed by atoms with E-state index in [1.807, 2.05) is 31.2 Å². The van der Waals surface area contributed by atoms with Crippen LogP contribution in [-0.4, -0.2) is 27.6 Å². The Morgan fingerprint density at radius 2 is 2.20 bits per heavy atom.